The fraction of sp³-hybridized carbons (Fsp3) is 0. The molecule has 0 atom stereocenters. The number of primary amides is 1. The Bertz CT molecular complexity index is 1060. The van der Waals surface area contributed by atoms with Crippen LogP contribution in [0.1, 0.15) is 21.0 Å². The molecule has 0 radical (unpaired) electrons. The summed E-state index contributed by atoms with van der Waals surface area (Å²) < 4.78 is 32.4. The van der Waals surface area contributed by atoms with Gasteiger partial charge in [-0.2, -0.15) is 0 Å². The molecule has 124 valence electrons. The van der Waals surface area contributed by atoms with Gasteiger partial charge in [0.15, 0.2) is 0 Å². The molecule has 0 unspecified atom stereocenters. The predicted octanol–water partition coefficient (Wildman–Crippen LogP) is 1.36. The number of hydrogen-bond acceptors (Lipinski definition) is 5. The first-order chi connectivity index (χ1) is 11.3. The minimum atomic E-state index is -4.16. The number of fused-ring (bicyclic) bond motifs is 1. The molecule has 2 heterocycles. The third kappa shape index (κ3) is 2.58. The maximum Gasteiger partial charge on any atom is 0.352 e. The monoisotopic (exact) mass is 349 g/mol. The van der Waals surface area contributed by atoms with E-state index >= 15 is 0 Å². The van der Waals surface area contributed by atoms with Gasteiger partial charge < -0.3 is 20.2 Å². The molecule has 0 aliphatic carbocycles. The van der Waals surface area contributed by atoms with Crippen molar-refractivity contribution in [3.8, 4) is 0 Å². The van der Waals surface area contributed by atoms with Crippen LogP contribution in [-0.4, -0.2) is 30.4 Å². The van der Waals surface area contributed by atoms with E-state index in [9.17, 15) is 18.0 Å². The zero-order valence-electron chi connectivity index (χ0n) is 11.9. The van der Waals surface area contributed by atoms with E-state index in [1.807, 2.05) is 0 Å². The summed E-state index contributed by atoms with van der Waals surface area (Å²) in [5, 5.41) is 9.21. The van der Waals surface area contributed by atoms with Gasteiger partial charge in [0, 0.05) is 11.6 Å². The molecular formula is C14H11N3O6S. The molecule has 9 nitrogen and oxygen atoms in total. The Morgan fingerprint density at radius 1 is 1.25 bits per heavy atom. The predicted molar refractivity (Wildman–Crippen MR) is 83.3 cm³/mol. The summed E-state index contributed by atoms with van der Waals surface area (Å²) in [6.45, 7) is 0. The number of carbonyl (C=O) groups excluding carboxylic acids is 1. The fourth-order valence-corrected chi connectivity index (χ4v) is 3.24. The highest BCUT2D eigenvalue weighted by molar-refractivity contribution is 7.92. The van der Waals surface area contributed by atoms with Crippen LogP contribution in [0.2, 0.25) is 0 Å². The van der Waals surface area contributed by atoms with Crippen molar-refractivity contribution in [3.05, 3.63) is 48.0 Å². The molecule has 0 spiro atoms. The SMILES string of the molecule is NC(=O)c1oc2ccccc2c1NS(=O)(=O)c1c[nH]c(C(=O)O)c1. The number of para-hydroxylation sites is 1. The summed E-state index contributed by atoms with van der Waals surface area (Å²) >= 11 is 0. The minimum absolute atomic E-state index is 0.101. The molecule has 0 saturated carbocycles. The van der Waals surface area contributed by atoms with Gasteiger partial charge in [-0.15, -0.1) is 0 Å². The summed E-state index contributed by atoms with van der Waals surface area (Å²) in [6, 6.07) is 7.36. The lowest BCUT2D eigenvalue weighted by Gasteiger charge is -2.05. The Hall–Kier alpha value is -3.27. The standard InChI is InChI=1S/C14H11N3O6S/c15-13(18)12-11(8-3-1-2-4-10(8)23-12)17-24(21,22)7-5-9(14(19)20)16-6-7/h1-6,16-17H,(H2,15,18)(H,19,20). The molecule has 0 saturated heterocycles. The van der Waals surface area contributed by atoms with Gasteiger partial charge in [0.2, 0.25) is 5.76 Å². The van der Waals surface area contributed by atoms with Crippen LogP contribution in [0.3, 0.4) is 0 Å². The Labute approximate surface area is 135 Å². The van der Waals surface area contributed by atoms with Crippen LogP contribution in [0.4, 0.5) is 5.69 Å². The molecule has 0 bridgehead atoms. The summed E-state index contributed by atoms with van der Waals surface area (Å²) in [5.41, 5.74) is 5.12. The van der Waals surface area contributed by atoms with E-state index in [0.717, 1.165) is 12.3 Å². The maximum absolute atomic E-state index is 12.4. The first kappa shape index (κ1) is 15.6. The van der Waals surface area contributed by atoms with E-state index < -0.39 is 21.9 Å². The molecule has 24 heavy (non-hydrogen) atoms. The van der Waals surface area contributed by atoms with Crippen LogP contribution in [0.5, 0.6) is 0 Å². The fourth-order valence-electron chi connectivity index (χ4n) is 2.17. The number of sulfonamides is 1. The summed E-state index contributed by atoms with van der Waals surface area (Å²) in [5.74, 6) is -2.58. The van der Waals surface area contributed by atoms with Gasteiger partial charge >= 0.3 is 5.97 Å². The number of furan rings is 1. The molecule has 0 aliphatic rings. The number of hydrogen-bond donors (Lipinski definition) is 4. The van der Waals surface area contributed by atoms with Gasteiger partial charge in [-0.3, -0.25) is 9.52 Å². The van der Waals surface area contributed by atoms with Crippen molar-refractivity contribution in [1.29, 1.82) is 0 Å². The highest BCUT2D eigenvalue weighted by Gasteiger charge is 2.25. The zero-order valence-corrected chi connectivity index (χ0v) is 12.8. The number of aromatic nitrogens is 1. The Morgan fingerprint density at radius 2 is 1.96 bits per heavy atom. The van der Waals surface area contributed by atoms with Gasteiger partial charge in [0.25, 0.3) is 15.9 Å². The van der Waals surface area contributed by atoms with Crippen molar-refractivity contribution in [1.82, 2.24) is 4.98 Å². The van der Waals surface area contributed by atoms with Crippen molar-refractivity contribution < 1.29 is 27.5 Å². The van der Waals surface area contributed by atoms with Gasteiger partial charge in [0.1, 0.15) is 21.9 Å². The number of H-pyrrole nitrogens is 1. The number of carboxylic acid groups (broad SMARTS) is 1. The molecule has 0 fully saturated rings. The second kappa shape index (κ2) is 5.42. The number of amides is 1. The van der Waals surface area contributed by atoms with Gasteiger partial charge in [-0.25, -0.2) is 13.2 Å². The second-order valence-corrected chi connectivity index (χ2v) is 6.51. The lowest BCUT2D eigenvalue weighted by atomic mass is 10.2. The number of nitrogens with two attached hydrogens (primary N) is 1. The topological polar surface area (TPSA) is 155 Å². The molecule has 3 aromatic rings. The van der Waals surface area contributed by atoms with Crippen LogP contribution in [0.25, 0.3) is 11.0 Å². The summed E-state index contributed by atoms with van der Waals surface area (Å²) in [4.78, 5) is 24.4. The lowest BCUT2D eigenvalue weighted by molar-refractivity contribution is 0.0691. The lowest BCUT2D eigenvalue weighted by Crippen LogP contribution is -2.17. The highest BCUT2D eigenvalue weighted by Crippen LogP contribution is 2.32. The molecule has 0 aliphatic heterocycles. The smallest absolute Gasteiger partial charge is 0.352 e. The van der Waals surface area contributed by atoms with Crippen molar-refractivity contribution >= 4 is 38.6 Å². The highest BCUT2D eigenvalue weighted by atomic mass is 32.2. The zero-order chi connectivity index (χ0) is 17.5. The van der Waals surface area contributed by atoms with E-state index in [4.69, 9.17) is 15.3 Å². The van der Waals surface area contributed by atoms with Crippen molar-refractivity contribution in [2.75, 3.05) is 4.72 Å². The summed E-state index contributed by atoms with van der Waals surface area (Å²) in [6.07, 6.45) is 1.03. The third-order valence-electron chi connectivity index (χ3n) is 3.25. The van der Waals surface area contributed by atoms with Gasteiger partial charge in [-0.05, 0) is 18.2 Å². The molecule has 2 aromatic heterocycles. The number of aromatic carboxylic acids is 1. The van der Waals surface area contributed by atoms with Crippen molar-refractivity contribution in [3.63, 3.8) is 0 Å². The Balaban J connectivity index is 2.09. The number of benzene rings is 1. The van der Waals surface area contributed by atoms with Crippen LogP contribution in [0, 0.1) is 0 Å². The third-order valence-corrected chi connectivity index (χ3v) is 4.58. The second-order valence-electron chi connectivity index (χ2n) is 4.83. The average molecular weight is 349 g/mol. The van der Waals surface area contributed by atoms with E-state index in [1.54, 1.807) is 24.3 Å². The Morgan fingerprint density at radius 3 is 2.58 bits per heavy atom. The molecule has 10 heteroatoms. The molecule has 1 aromatic carbocycles. The van der Waals surface area contributed by atoms with Crippen LogP contribution < -0.4 is 10.5 Å². The van der Waals surface area contributed by atoms with Gasteiger partial charge in [0.05, 0.1) is 0 Å². The van der Waals surface area contributed by atoms with Crippen molar-refractivity contribution in [2.45, 2.75) is 4.90 Å². The van der Waals surface area contributed by atoms with E-state index in [0.29, 0.717) is 5.39 Å². The first-order valence-electron chi connectivity index (χ1n) is 6.55. The van der Waals surface area contributed by atoms with Crippen LogP contribution >= 0.6 is 0 Å². The number of carboxylic acids is 1. The number of rotatable bonds is 5. The first-order valence-corrected chi connectivity index (χ1v) is 8.04. The van der Waals surface area contributed by atoms with E-state index in [2.05, 4.69) is 9.71 Å². The Kier molecular flexibility index (Phi) is 3.53. The number of aromatic amines is 1. The number of nitrogens with one attached hydrogen (secondary N) is 2. The molecule has 3 rings (SSSR count). The average Bonchev–Trinajstić information content (AvgIpc) is 3.13. The van der Waals surface area contributed by atoms with Crippen LogP contribution in [-0.2, 0) is 10.0 Å². The normalized spacial score (nSPS) is 11.5. The minimum Gasteiger partial charge on any atom is -0.477 e. The molecule has 5 N–H and O–H groups in total. The van der Waals surface area contributed by atoms with Gasteiger partial charge in [-0.1, -0.05) is 12.1 Å². The largest absolute Gasteiger partial charge is 0.477 e. The maximum atomic E-state index is 12.4. The molecular weight excluding hydrogens is 338 g/mol. The number of anilines is 1. The number of carbonyl (C=O) groups is 2. The van der Waals surface area contributed by atoms with E-state index in [1.165, 1.54) is 0 Å². The summed E-state index contributed by atoms with van der Waals surface area (Å²) in [7, 11) is -4.16. The molecule has 1 amide bonds. The van der Waals surface area contributed by atoms with Crippen molar-refractivity contribution in [2.24, 2.45) is 5.73 Å². The van der Waals surface area contributed by atoms with Crippen LogP contribution in [0.15, 0.2) is 45.8 Å². The van der Waals surface area contributed by atoms with E-state index in [-0.39, 0.29) is 27.6 Å². The quantitative estimate of drug-likeness (QED) is 0.545.